The van der Waals surface area contributed by atoms with Gasteiger partial charge in [-0.2, -0.15) is 0 Å². The van der Waals surface area contributed by atoms with Crippen LogP contribution < -0.4 is 26.2 Å². The Hall–Kier alpha value is -13.6. The zero-order valence-electron chi connectivity index (χ0n) is 79.9. The SMILES string of the molecule is CC(C)(C)c1cc(-c2ccccc2)c(N2c3cc(-n4c5ccc(C(C)(C)C)cc5c5cc(C(C)(C)C)ccc54)ccc3B3c4ccc(-n5c6ccc(C(C)(C)C)cc6c6cc(C(C)(C)C)ccc65)cc4N(c4cc(-c5ccccc5)cc5c4c4ccccc4n5-c4ccccc4)c4cc(-n5c6ccc(C(C)(C)C)cc6c6cc(C(C)(C)C)ccc65)cc2c43)c(-c2ccccc2)c1. The molecule has 131 heavy (non-hydrogen) atoms. The summed E-state index contributed by atoms with van der Waals surface area (Å²) in [6.07, 6.45) is 0. The minimum atomic E-state index is -0.354. The molecule has 0 saturated carbocycles. The molecule has 0 saturated heterocycles. The van der Waals surface area contributed by atoms with E-state index in [0.717, 1.165) is 123 Å². The molecule has 0 radical (unpaired) electrons. The van der Waals surface area contributed by atoms with Crippen molar-refractivity contribution in [3.63, 3.8) is 0 Å². The van der Waals surface area contributed by atoms with E-state index in [0.29, 0.717) is 0 Å². The fraction of sp³-hybridized carbons (Fsp3) is 0.226. The van der Waals surface area contributed by atoms with Gasteiger partial charge in [-0.3, -0.25) is 0 Å². The van der Waals surface area contributed by atoms with Crippen molar-refractivity contribution in [1.82, 2.24) is 18.3 Å². The summed E-state index contributed by atoms with van der Waals surface area (Å²) in [6.45, 7) is 49.1. The van der Waals surface area contributed by atoms with Crippen LogP contribution in [0.3, 0.4) is 0 Å². The summed E-state index contributed by atoms with van der Waals surface area (Å²) in [5.74, 6) is 0. The molecule has 0 fully saturated rings. The molecular weight excluding hydrogens is 1580 g/mol. The summed E-state index contributed by atoms with van der Waals surface area (Å²) in [4.78, 5) is 5.55. The lowest BCUT2D eigenvalue weighted by atomic mass is 9.33. The summed E-state index contributed by atoms with van der Waals surface area (Å²) in [7, 11) is 0. The van der Waals surface area contributed by atoms with Crippen molar-refractivity contribution in [3.8, 4) is 56.1 Å². The molecule has 0 bridgehead atoms. The van der Waals surface area contributed by atoms with E-state index in [9.17, 15) is 0 Å². The zero-order valence-corrected chi connectivity index (χ0v) is 79.9. The number of rotatable bonds is 9. The van der Waals surface area contributed by atoms with E-state index in [1.807, 2.05) is 0 Å². The first-order valence-corrected chi connectivity index (χ1v) is 47.2. The predicted octanol–water partition coefficient (Wildman–Crippen LogP) is 32.2. The summed E-state index contributed by atoms with van der Waals surface area (Å²) >= 11 is 0. The molecule has 0 spiro atoms. The first-order valence-electron chi connectivity index (χ1n) is 47.2. The highest BCUT2D eigenvalue weighted by atomic mass is 15.2. The first-order chi connectivity index (χ1) is 62.4. The number of hydrogen-bond donors (Lipinski definition) is 0. The Labute approximate surface area is 773 Å². The molecule has 4 aromatic heterocycles. The molecular formula is C124H117BN6. The van der Waals surface area contributed by atoms with Crippen LogP contribution in [-0.4, -0.2) is 25.0 Å². The summed E-state index contributed by atoms with van der Waals surface area (Å²) < 4.78 is 10.4. The Morgan fingerprint density at radius 3 is 0.870 bits per heavy atom. The van der Waals surface area contributed by atoms with Crippen LogP contribution in [0.4, 0.5) is 34.1 Å². The van der Waals surface area contributed by atoms with Gasteiger partial charge in [0.1, 0.15) is 0 Å². The van der Waals surface area contributed by atoms with Crippen LogP contribution in [0.1, 0.15) is 184 Å². The van der Waals surface area contributed by atoms with Crippen molar-refractivity contribution in [2.75, 3.05) is 9.80 Å². The van der Waals surface area contributed by atoms with Gasteiger partial charge in [-0.25, -0.2) is 0 Å². The molecule has 0 aliphatic carbocycles. The maximum atomic E-state index is 2.78. The lowest BCUT2D eigenvalue weighted by molar-refractivity contribution is 0.590. The van der Waals surface area contributed by atoms with Crippen LogP contribution in [0, 0.1) is 0 Å². The molecule has 0 N–H and O–H groups in total. The smallest absolute Gasteiger partial charge is 0.252 e. The van der Waals surface area contributed by atoms with Gasteiger partial charge in [0, 0.05) is 94.0 Å². The lowest BCUT2D eigenvalue weighted by Crippen LogP contribution is -2.61. The Balaban J connectivity index is 0.964. The molecule has 2 aliphatic heterocycles. The number of benzene rings is 16. The Bertz CT molecular complexity index is 7820. The molecule has 20 aromatic rings. The van der Waals surface area contributed by atoms with Gasteiger partial charge in [-0.05, 0) is 267 Å². The second-order valence-corrected chi connectivity index (χ2v) is 44.7. The van der Waals surface area contributed by atoms with E-state index in [4.69, 9.17) is 0 Å². The van der Waals surface area contributed by atoms with E-state index in [2.05, 4.69) is 501 Å². The highest BCUT2D eigenvalue weighted by Gasteiger charge is 2.47. The van der Waals surface area contributed by atoms with Crippen LogP contribution in [-0.2, 0) is 37.9 Å². The van der Waals surface area contributed by atoms with Crippen LogP contribution in [0.2, 0.25) is 0 Å². The van der Waals surface area contributed by atoms with Gasteiger partial charge in [0.15, 0.2) is 0 Å². The molecule has 0 atom stereocenters. The van der Waals surface area contributed by atoms with Crippen LogP contribution in [0.5, 0.6) is 0 Å². The minimum Gasteiger partial charge on any atom is -0.311 e. The molecule has 2 aliphatic rings. The third-order valence-corrected chi connectivity index (χ3v) is 28.8. The fourth-order valence-electron chi connectivity index (χ4n) is 21.4. The van der Waals surface area contributed by atoms with E-state index in [-0.39, 0.29) is 44.6 Å². The second kappa shape index (κ2) is 29.4. The van der Waals surface area contributed by atoms with Crippen molar-refractivity contribution in [1.29, 1.82) is 0 Å². The van der Waals surface area contributed by atoms with Crippen molar-refractivity contribution in [2.45, 2.75) is 183 Å². The minimum absolute atomic E-state index is 0.0960. The Kier molecular flexibility index (Phi) is 18.7. The van der Waals surface area contributed by atoms with E-state index >= 15 is 0 Å². The van der Waals surface area contributed by atoms with Gasteiger partial charge >= 0.3 is 0 Å². The molecule has 6 heterocycles. The standard InChI is InChI=1S/C124H117BN6/c1-118(2,3)80-46-56-103-94(64-80)95-65-81(119(4,5)6)47-57-104(95)127(103)88-52-54-100-109(72-88)130(112-63-79(76-36-26-22-27-37-76)62-111-115(112)91-44-34-35-45-102(91)126(111)87-42-32-25-33-43-87)113-74-90(129-107-60-50-84(122(13,14)15)68-98(107)99-69-85(123(16,17)18)51-61-108(99)129)75-114-116(113)125(100)101-55-53-89(128-105-58-48-82(120(7,8)9)66-96(105)97-67-83(121(10,11)12)49-59-106(97)128)73-110(101)131(114)117-92(77-38-28-23-29-39-77)70-86(124(19,20)21)71-93(117)78-40-30-24-31-41-78/h22-75H,1-21H3. The number of fused-ring (bicyclic) bond motifs is 16. The van der Waals surface area contributed by atoms with Gasteiger partial charge in [-0.1, -0.05) is 321 Å². The predicted molar refractivity (Wildman–Crippen MR) is 565 cm³/mol. The van der Waals surface area contributed by atoms with Gasteiger partial charge < -0.3 is 28.1 Å². The summed E-state index contributed by atoms with van der Waals surface area (Å²) in [5.41, 5.74) is 38.7. The molecule has 0 unspecified atom stereocenters. The monoisotopic (exact) mass is 1700 g/mol. The molecule has 646 valence electrons. The van der Waals surface area contributed by atoms with Gasteiger partial charge in [0.25, 0.3) is 6.71 Å². The zero-order chi connectivity index (χ0) is 91.0. The van der Waals surface area contributed by atoms with Crippen molar-refractivity contribution < 1.29 is 0 Å². The van der Waals surface area contributed by atoms with E-state index in [1.54, 1.807) is 0 Å². The van der Waals surface area contributed by atoms with Crippen molar-refractivity contribution >= 4 is 144 Å². The maximum Gasteiger partial charge on any atom is 0.252 e. The molecule has 6 nitrogen and oxygen atoms in total. The number of anilines is 6. The summed E-state index contributed by atoms with van der Waals surface area (Å²) in [6, 6.07) is 129. The third kappa shape index (κ3) is 13.5. The average Bonchev–Trinajstić information content (AvgIpc) is 1.65. The number of aromatic nitrogens is 4. The molecule has 16 aromatic carbocycles. The van der Waals surface area contributed by atoms with Crippen LogP contribution in [0.15, 0.2) is 328 Å². The van der Waals surface area contributed by atoms with Crippen molar-refractivity contribution in [2.24, 2.45) is 0 Å². The van der Waals surface area contributed by atoms with E-state index in [1.165, 1.54) is 110 Å². The Morgan fingerprint density at radius 2 is 0.496 bits per heavy atom. The van der Waals surface area contributed by atoms with E-state index < -0.39 is 0 Å². The van der Waals surface area contributed by atoms with Crippen molar-refractivity contribution in [3.05, 3.63) is 367 Å². The van der Waals surface area contributed by atoms with Crippen LogP contribution >= 0.6 is 0 Å². The largest absolute Gasteiger partial charge is 0.311 e. The van der Waals surface area contributed by atoms with Gasteiger partial charge in [0.2, 0.25) is 0 Å². The Morgan fingerprint density at radius 1 is 0.191 bits per heavy atom. The number of para-hydroxylation sites is 2. The van der Waals surface area contributed by atoms with Gasteiger partial charge in [0.05, 0.1) is 61.2 Å². The third-order valence-electron chi connectivity index (χ3n) is 28.8. The number of nitrogens with zero attached hydrogens (tertiary/aromatic N) is 6. The summed E-state index contributed by atoms with van der Waals surface area (Å²) in [5, 5.41) is 9.78. The highest BCUT2D eigenvalue weighted by molar-refractivity contribution is 7.00. The quantitative estimate of drug-likeness (QED) is 0.135. The maximum absolute atomic E-state index is 2.78. The van der Waals surface area contributed by atoms with Gasteiger partial charge in [-0.15, -0.1) is 0 Å². The molecule has 0 amide bonds. The number of hydrogen-bond acceptors (Lipinski definition) is 2. The molecule has 7 heteroatoms. The highest BCUT2D eigenvalue weighted by Crippen LogP contribution is 2.56. The lowest BCUT2D eigenvalue weighted by Gasteiger charge is -2.46. The first kappa shape index (κ1) is 83.0. The normalized spacial score (nSPS) is 13.5. The fourth-order valence-corrected chi connectivity index (χ4v) is 21.4. The average molecular weight is 1700 g/mol. The van der Waals surface area contributed by atoms with Crippen LogP contribution in [0.25, 0.3) is 143 Å². The second-order valence-electron chi connectivity index (χ2n) is 44.7. The topological polar surface area (TPSA) is 26.2 Å². The molecule has 22 rings (SSSR count).